The van der Waals surface area contributed by atoms with Gasteiger partial charge in [0.2, 0.25) is 0 Å². The van der Waals surface area contributed by atoms with Crippen molar-refractivity contribution in [3.63, 3.8) is 0 Å². The van der Waals surface area contributed by atoms with Gasteiger partial charge in [0, 0.05) is 12.1 Å². The highest BCUT2D eigenvalue weighted by atomic mass is 14.9. The Balaban J connectivity index is 0.000000561. The minimum absolute atomic E-state index is 1.00. The first-order valence-electron chi connectivity index (χ1n) is 4.82. The molecule has 0 aliphatic carbocycles. The van der Waals surface area contributed by atoms with E-state index in [1.165, 1.54) is 11.4 Å². The van der Waals surface area contributed by atoms with E-state index in [9.17, 15) is 0 Å². The summed E-state index contributed by atoms with van der Waals surface area (Å²) in [4.78, 5) is 7.63. The second-order valence-electron chi connectivity index (χ2n) is 2.46. The van der Waals surface area contributed by atoms with Crippen LogP contribution in [0.4, 0.5) is 0 Å². The monoisotopic (exact) mass is 168 g/mol. The largest absolute Gasteiger partial charge is 0.346 e. The number of imidazole rings is 1. The maximum absolute atomic E-state index is 4.39. The lowest BCUT2D eigenvalue weighted by molar-refractivity contribution is 0.962. The van der Waals surface area contributed by atoms with E-state index >= 15 is 0 Å². The van der Waals surface area contributed by atoms with Crippen LogP contribution in [0, 0.1) is 6.92 Å². The Morgan fingerprint density at radius 3 is 2.00 bits per heavy atom. The molecule has 1 rings (SSSR count). The Bertz CT molecular complexity index is 214. The van der Waals surface area contributed by atoms with Crippen molar-refractivity contribution >= 4 is 0 Å². The summed E-state index contributed by atoms with van der Waals surface area (Å²) >= 11 is 0. The molecule has 1 aromatic rings. The lowest BCUT2D eigenvalue weighted by atomic mass is 10.3. The van der Waals surface area contributed by atoms with E-state index in [1.54, 1.807) is 0 Å². The number of aromatic amines is 1. The number of aromatic nitrogens is 2. The zero-order chi connectivity index (χ0) is 9.56. The van der Waals surface area contributed by atoms with Gasteiger partial charge < -0.3 is 4.98 Å². The van der Waals surface area contributed by atoms with Crippen LogP contribution in [0.5, 0.6) is 0 Å². The van der Waals surface area contributed by atoms with Crippen LogP contribution < -0.4 is 0 Å². The summed E-state index contributed by atoms with van der Waals surface area (Å²) in [7, 11) is 0. The average Bonchev–Trinajstić information content (AvgIpc) is 2.49. The van der Waals surface area contributed by atoms with Crippen LogP contribution in [0.2, 0.25) is 0 Å². The highest BCUT2D eigenvalue weighted by Gasteiger charge is 2.00. The van der Waals surface area contributed by atoms with Crippen LogP contribution in [-0.4, -0.2) is 9.97 Å². The van der Waals surface area contributed by atoms with Crippen molar-refractivity contribution in [1.82, 2.24) is 9.97 Å². The Morgan fingerprint density at radius 2 is 1.75 bits per heavy atom. The fourth-order valence-electron chi connectivity index (χ4n) is 1.07. The number of nitrogens with zero attached hydrogens (tertiary/aromatic N) is 1. The molecule has 0 aromatic carbocycles. The molecule has 1 aromatic heterocycles. The standard InChI is InChI=1S/C8H14N2.C2H6/c1-4-7-6(3)9-8(5-2)10-7;1-2/h4-5H2,1-3H3,(H,9,10);1-2H3. The van der Waals surface area contributed by atoms with Gasteiger partial charge in [-0.05, 0) is 13.3 Å². The Morgan fingerprint density at radius 1 is 1.17 bits per heavy atom. The van der Waals surface area contributed by atoms with Crippen molar-refractivity contribution in [2.75, 3.05) is 0 Å². The quantitative estimate of drug-likeness (QED) is 0.722. The lowest BCUT2D eigenvalue weighted by Crippen LogP contribution is -1.83. The zero-order valence-electron chi connectivity index (χ0n) is 8.86. The van der Waals surface area contributed by atoms with Gasteiger partial charge in [-0.3, -0.25) is 0 Å². The van der Waals surface area contributed by atoms with Crippen molar-refractivity contribution < 1.29 is 0 Å². The number of hydrogen-bond acceptors (Lipinski definition) is 1. The minimum Gasteiger partial charge on any atom is -0.346 e. The summed E-state index contributed by atoms with van der Waals surface area (Å²) < 4.78 is 0. The molecule has 0 amide bonds. The van der Waals surface area contributed by atoms with Crippen molar-refractivity contribution in [2.24, 2.45) is 0 Å². The van der Waals surface area contributed by atoms with Gasteiger partial charge in [-0.15, -0.1) is 0 Å². The molecular formula is C10H20N2. The number of H-pyrrole nitrogens is 1. The maximum Gasteiger partial charge on any atom is 0.106 e. The summed E-state index contributed by atoms with van der Waals surface area (Å²) in [5.41, 5.74) is 2.43. The molecule has 2 nitrogen and oxygen atoms in total. The number of nitrogens with one attached hydrogen (secondary N) is 1. The number of hydrogen-bond donors (Lipinski definition) is 1. The molecular weight excluding hydrogens is 148 g/mol. The Kier molecular flexibility index (Phi) is 5.43. The van der Waals surface area contributed by atoms with E-state index in [4.69, 9.17) is 0 Å². The highest BCUT2D eigenvalue weighted by molar-refractivity contribution is 5.12. The van der Waals surface area contributed by atoms with Crippen molar-refractivity contribution in [2.45, 2.75) is 47.5 Å². The highest BCUT2D eigenvalue weighted by Crippen LogP contribution is 2.05. The Labute approximate surface area is 75.4 Å². The molecule has 0 fully saturated rings. The molecule has 1 N–H and O–H groups in total. The summed E-state index contributed by atoms with van der Waals surface area (Å²) in [6.45, 7) is 10.3. The molecule has 0 unspecified atom stereocenters. The molecule has 12 heavy (non-hydrogen) atoms. The molecule has 0 aliphatic heterocycles. The molecule has 0 aliphatic rings. The Hall–Kier alpha value is -0.790. The third-order valence-electron chi connectivity index (χ3n) is 1.70. The van der Waals surface area contributed by atoms with E-state index in [2.05, 4.69) is 30.7 Å². The molecule has 0 spiro atoms. The van der Waals surface area contributed by atoms with Crippen molar-refractivity contribution in [3.05, 3.63) is 17.2 Å². The summed E-state index contributed by atoms with van der Waals surface area (Å²) in [5, 5.41) is 0. The SMILES string of the molecule is CC.CCc1nc(CC)c(C)[nH]1. The van der Waals surface area contributed by atoms with Gasteiger partial charge in [0.05, 0.1) is 5.69 Å². The predicted octanol–water partition coefficient (Wildman–Crippen LogP) is 2.87. The second-order valence-corrected chi connectivity index (χ2v) is 2.46. The van der Waals surface area contributed by atoms with Crippen LogP contribution in [0.3, 0.4) is 0 Å². The predicted molar refractivity (Wildman–Crippen MR) is 53.4 cm³/mol. The third kappa shape index (κ3) is 2.68. The molecule has 0 saturated heterocycles. The molecule has 0 bridgehead atoms. The van der Waals surface area contributed by atoms with Crippen LogP contribution in [-0.2, 0) is 12.8 Å². The van der Waals surface area contributed by atoms with Crippen LogP contribution in [0.15, 0.2) is 0 Å². The van der Waals surface area contributed by atoms with Gasteiger partial charge in [0.15, 0.2) is 0 Å². The van der Waals surface area contributed by atoms with Crippen molar-refractivity contribution in [1.29, 1.82) is 0 Å². The zero-order valence-corrected chi connectivity index (χ0v) is 8.86. The first kappa shape index (κ1) is 11.2. The van der Waals surface area contributed by atoms with Gasteiger partial charge in [0.25, 0.3) is 0 Å². The fraction of sp³-hybridized carbons (Fsp3) is 0.700. The summed E-state index contributed by atoms with van der Waals surface area (Å²) in [6.07, 6.45) is 2.03. The average molecular weight is 168 g/mol. The van der Waals surface area contributed by atoms with Gasteiger partial charge in [0.1, 0.15) is 5.82 Å². The van der Waals surface area contributed by atoms with E-state index in [0.717, 1.165) is 18.7 Å². The van der Waals surface area contributed by atoms with Crippen LogP contribution in [0.25, 0.3) is 0 Å². The molecule has 70 valence electrons. The van der Waals surface area contributed by atoms with Gasteiger partial charge in [-0.2, -0.15) is 0 Å². The molecule has 0 atom stereocenters. The van der Waals surface area contributed by atoms with Gasteiger partial charge in [-0.1, -0.05) is 27.7 Å². The van der Waals surface area contributed by atoms with E-state index in [-0.39, 0.29) is 0 Å². The summed E-state index contributed by atoms with van der Waals surface area (Å²) in [5.74, 6) is 1.11. The second kappa shape index (κ2) is 5.81. The molecule has 0 radical (unpaired) electrons. The first-order valence-corrected chi connectivity index (χ1v) is 4.82. The van der Waals surface area contributed by atoms with Crippen molar-refractivity contribution in [3.8, 4) is 0 Å². The topological polar surface area (TPSA) is 28.7 Å². The fourth-order valence-corrected chi connectivity index (χ4v) is 1.07. The summed E-state index contributed by atoms with van der Waals surface area (Å²) in [6, 6.07) is 0. The smallest absolute Gasteiger partial charge is 0.106 e. The first-order chi connectivity index (χ1) is 5.77. The van der Waals surface area contributed by atoms with E-state index < -0.39 is 0 Å². The molecule has 0 saturated carbocycles. The van der Waals surface area contributed by atoms with Gasteiger partial charge in [-0.25, -0.2) is 4.98 Å². The van der Waals surface area contributed by atoms with E-state index in [0.29, 0.717) is 0 Å². The van der Waals surface area contributed by atoms with Gasteiger partial charge >= 0.3 is 0 Å². The van der Waals surface area contributed by atoms with E-state index in [1.807, 2.05) is 13.8 Å². The third-order valence-corrected chi connectivity index (χ3v) is 1.70. The normalized spacial score (nSPS) is 9.08. The number of rotatable bonds is 2. The maximum atomic E-state index is 4.39. The van der Waals surface area contributed by atoms with Crippen LogP contribution in [0.1, 0.15) is 44.9 Å². The lowest BCUT2D eigenvalue weighted by Gasteiger charge is -1.86. The number of aryl methyl sites for hydroxylation is 3. The van der Waals surface area contributed by atoms with Crippen LogP contribution >= 0.6 is 0 Å². The molecule has 2 heteroatoms. The molecule has 1 heterocycles. The minimum atomic E-state index is 1.00.